The van der Waals surface area contributed by atoms with Crippen molar-refractivity contribution in [3.8, 4) is 0 Å². The van der Waals surface area contributed by atoms with Gasteiger partial charge in [0.25, 0.3) is 0 Å². The van der Waals surface area contributed by atoms with E-state index < -0.39 is 5.60 Å². The largest absolute Gasteiger partial charge is 0.444 e. The summed E-state index contributed by atoms with van der Waals surface area (Å²) in [5.41, 5.74) is -0.442. The van der Waals surface area contributed by atoms with E-state index in [0.29, 0.717) is 6.54 Å². The Morgan fingerprint density at radius 2 is 1.86 bits per heavy atom. The third-order valence-corrected chi connectivity index (χ3v) is 3.90. The van der Waals surface area contributed by atoms with Crippen LogP contribution >= 0.6 is 0 Å². The predicted octanol–water partition coefficient (Wildman–Crippen LogP) is 1.62. The minimum atomic E-state index is -0.442. The summed E-state index contributed by atoms with van der Waals surface area (Å²) in [5, 5.41) is 0. The van der Waals surface area contributed by atoms with Crippen LogP contribution in [0.1, 0.15) is 33.6 Å². The highest BCUT2D eigenvalue weighted by atomic mass is 16.6. The lowest BCUT2D eigenvalue weighted by Gasteiger charge is -2.28. The van der Waals surface area contributed by atoms with E-state index in [1.807, 2.05) is 25.7 Å². The second-order valence-corrected chi connectivity index (χ2v) is 6.95. The second-order valence-electron chi connectivity index (χ2n) is 6.95. The van der Waals surface area contributed by atoms with Crippen molar-refractivity contribution < 1.29 is 9.53 Å². The van der Waals surface area contributed by atoms with E-state index >= 15 is 0 Å². The molecule has 0 saturated carbocycles. The standard InChI is InChI=1S/C15H28N4O2/c1-15(2,3)21-14(20)19-8-6-7-12(19)11-16-13-17(4)9-10-18(13)5/h12H,6-11H2,1-5H3/t12-/m0/s1. The van der Waals surface area contributed by atoms with Crippen molar-refractivity contribution in [1.82, 2.24) is 14.7 Å². The minimum Gasteiger partial charge on any atom is -0.444 e. The van der Waals surface area contributed by atoms with Crippen LogP contribution in [0, 0.1) is 0 Å². The van der Waals surface area contributed by atoms with Crippen LogP contribution in [0.3, 0.4) is 0 Å². The van der Waals surface area contributed by atoms with Crippen LogP contribution in [-0.4, -0.2) is 78.7 Å². The van der Waals surface area contributed by atoms with Crippen molar-refractivity contribution in [2.75, 3.05) is 40.3 Å². The zero-order valence-electron chi connectivity index (χ0n) is 13.9. The van der Waals surface area contributed by atoms with Gasteiger partial charge in [-0.2, -0.15) is 0 Å². The quantitative estimate of drug-likeness (QED) is 0.777. The van der Waals surface area contributed by atoms with Gasteiger partial charge in [0.15, 0.2) is 5.96 Å². The summed E-state index contributed by atoms with van der Waals surface area (Å²) in [4.78, 5) is 23.1. The Kier molecular flexibility index (Phi) is 4.64. The van der Waals surface area contributed by atoms with E-state index in [0.717, 1.165) is 38.4 Å². The lowest BCUT2D eigenvalue weighted by atomic mass is 10.2. The monoisotopic (exact) mass is 296 g/mol. The SMILES string of the molecule is CN1CCN(C)C1=NC[C@@H]1CCCN1C(=O)OC(C)(C)C. The van der Waals surface area contributed by atoms with Gasteiger partial charge >= 0.3 is 6.09 Å². The first-order chi connectivity index (χ1) is 9.78. The lowest BCUT2D eigenvalue weighted by molar-refractivity contribution is 0.0232. The van der Waals surface area contributed by atoms with E-state index in [9.17, 15) is 4.79 Å². The Bertz CT molecular complexity index is 404. The Labute approximate surface area is 127 Å². The van der Waals surface area contributed by atoms with E-state index in [1.165, 1.54) is 0 Å². The molecule has 2 aliphatic rings. The summed E-state index contributed by atoms with van der Waals surface area (Å²) in [6.07, 6.45) is 1.82. The molecule has 0 spiro atoms. The number of carbonyl (C=O) groups excluding carboxylic acids is 1. The molecule has 0 aromatic rings. The van der Waals surface area contributed by atoms with Crippen molar-refractivity contribution in [3.05, 3.63) is 0 Å². The third-order valence-electron chi connectivity index (χ3n) is 3.90. The van der Waals surface area contributed by atoms with Crippen molar-refractivity contribution in [3.63, 3.8) is 0 Å². The van der Waals surface area contributed by atoms with Gasteiger partial charge in [-0.3, -0.25) is 4.99 Å². The van der Waals surface area contributed by atoms with E-state index in [2.05, 4.69) is 23.9 Å². The summed E-state index contributed by atoms with van der Waals surface area (Å²) in [6.45, 7) is 9.15. The number of likely N-dealkylation sites (N-methyl/N-ethyl adjacent to an activating group) is 2. The summed E-state index contributed by atoms with van der Waals surface area (Å²) in [6, 6.07) is 0.162. The van der Waals surface area contributed by atoms with Crippen LogP contribution in [0.25, 0.3) is 0 Å². The number of nitrogens with zero attached hydrogens (tertiary/aromatic N) is 4. The van der Waals surface area contributed by atoms with E-state index in [4.69, 9.17) is 9.73 Å². The molecule has 6 nitrogen and oxygen atoms in total. The van der Waals surface area contributed by atoms with Gasteiger partial charge < -0.3 is 19.4 Å². The smallest absolute Gasteiger partial charge is 0.410 e. The maximum atomic E-state index is 12.2. The fourth-order valence-corrected chi connectivity index (χ4v) is 2.81. The van der Waals surface area contributed by atoms with E-state index in [-0.39, 0.29) is 12.1 Å². The fraction of sp³-hybridized carbons (Fsp3) is 0.867. The first kappa shape index (κ1) is 15.9. The van der Waals surface area contributed by atoms with Crippen molar-refractivity contribution >= 4 is 12.1 Å². The molecular weight excluding hydrogens is 268 g/mol. The molecule has 0 aliphatic carbocycles. The molecule has 21 heavy (non-hydrogen) atoms. The van der Waals surface area contributed by atoms with Gasteiger partial charge in [0, 0.05) is 33.7 Å². The Morgan fingerprint density at radius 3 is 2.43 bits per heavy atom. The van der Waals surface area contributed by atoms with Crippen molar-refractivity contribution in [1.29, 1.82) is 0 Å². The molecule has 1 atom stereocenters. The molecule has 120 valence electrons. The van der Waals surface area contributed by atoms with Gasteiger partial charge in [-0.25, -0.2) is 4.79 Å². The van der Waals surface area contributed by atoms with Gasteiger partial charge in [0.1, 0.15) is 5.60 Å². The topological polar surface area (TPSA) is 48.4 Å². The highest BCUT2D eigenvalue weighted by Gasteiger charge is 2.32. The molecule has 0 aromatic heterocycles. The van der Waals surface area contributed by atoms with Gasteiger partial charge in [-0.1, -0.05) is 0 Å². The van der Waals surface area contributed by atoms with Gasteiger partial charge in [0.05, 0.1) is 12.6 Å². The van der Waals surface area contributed by atoms with Crippen LogP contribution in [-0.2, 0) is 4.74 Å². The maximum Gasteiger partial charge on any atom is 0.410 e. The number of hydrogen-bond donors (Lipinski definition) is 0. The van der Waals surface area contributed by atoms with E-state index in [1.54, 1.807) is 0 Å². The molecule has 0 radical (unpaired) electrons. The lowest BCUT2D eigenvalue weighted by Crippen LogP contribution is -2.41. The molecular formula is C15H28N4O2. The second kappa shape index (κ2) is 6.12. The zero-order chi connectivity index (χ0) is 15.6. The first-order valence-electron chi connectivity index (χ1n) is 7.74. The number of aliphatic imine (C=N–C) groups is 1. The molecule has 2 fully saturated rings. The number of rotatable bonds is 2. The normalized spacial score (nSPS) is 23.0. The molecule has 0 N–H and O–H groups in total. The molecule has 2 rings (SSSR count). The number of amides is 1. The summed E-state index contributed by atoms with van der Waals surface area (Å²) in [5.74, 6) is 1.02. The fourth-order valence-electron chi connectivity index (χ4n) is 2.81. The highest BCUT2D eigenvalue weighted by Crippen LogP contribution is 2.21. The Hall–Kier alpha value is -1.46. The summed E-state index contributed by atoms with van der Waals surface area (Å²) in [7, 11) is 4.12. The number of guanidine groups is 1. The molecule has 0 unspecified atom stereocenters. The van der Waals surface area contributed by atoms with Crippen LogP contribution in [0.2, 0.25) is 0 Å². The van der Waals surface area contributed by atoms with Gasteiger partial charge in [-0.05, 0) is 33.6 Å². The molecule has 1 amide bonds. The van der Waals surface area contributed by atoms with Crippen LogP contribution < -0.4 is 0 Å². The minimum absolute atomic E-state index is 0.162. The number of likely N-dealkylation sites (tertiary alicyclic amines) is 1. The van der Waals surface area contributed by atoms with Crippen molar-refractivity contribution in [2.45, 2.75) is 45.3 Å². The first-order valence-corrected chi connectivity index (χ1v) is 7.74. The van der Waals surface area contributed by atoms with Gasteiger partial charge in [0.2, 0.25) is 0 Å². The third kappa shape index (κ3) is 4.02. The van der Waals surface area contributed by atoms with Crippen molar-refractivity contribution in [2.24, 2.45) is 4.99 Å². The summed E-state index contributed by atoms with van der Waals surface area (Å²) >= 11 is 0. The zero-order valence-corrected chi connectivity index (χ0v) is 13.9. The van der Waals surface area contributed by atoms with Crippen LogP contribution in [0.15, 0.2) is 4.99 Å². The summed E-state index contributed by atoms with van der Waals surface area (Å²) < 4.78 is 5.48. The molecule has 0 bridgehead atoms. The Balaban J connectivity index is 1.96. The average molecular weight is 296 g/mol. The predicted molar refractivity (Wildman–Crippen MR) is 83.5 cm³/mol. The average Bonchev–Trinajstić information content (AvgIpc) is 2.93. The van der Waals surface area contributed by atoms with Crippen LogP contribution in [0.4, 0.5) is 4.79 Å². The maximum absolute atomic E-state index is 12.2. The molecule has 6 heteroatoms. The van der Waals surface area contributed by atoms with Crippen LogP contribution in [0.5, 0.6) is 0 Å². The number of ether oxygens (including phenoxy) is 1. The molecule has 2 heterocycles. The molecule has 0 aromatic carbocycles. The molecule has 2 saturated heterocycles. The van der Waals surface area contributed by atoms with Gasteiger partial charge in [-0.15, -0.1) is 0 Å². The highest BCUT2D eigenvalue weighted by molar-refractivity contribution is 5.81. The molecule has 2 aliphatic heterocycles. The number of hydrogen-bond acceptors (Lipinski definition) is 3. The number of carbonyl (C=O) groups is 1. The Morgan fingerprint density at radius 1 is 1.24 bits per heavy atom.